The zero-order valence-electron chi connectivity index (χ0n) is 12.1. The van der Waals surface area contributed by atoms with E-state index < -0.39 is 16.0 Å². The molecule has 0 saturated heterocycles. The van der Waals surface area contributed by atoms with Gasteiger partial charge in [-0.1, -0.05) is 0 Å². The van der Waals surface area contributed by atoms with Gasteiger partial charge in [-0.2, -0.15) is 13.5 Å². The second kappa shape index (κ2) is 5.43. The van der Waals surface area contributed by atoms with Crippen molar-refractivity contribution in [2.75, 3.05) is 4.72 Å². The van der Waals surface area contributed by atoms with E-state index in [1.165, 1.54) is 29.2 Å². The fourth-order valence-corrected chi connectivity index (χ4v) is 3.60. The molecule has 9 heteroatoms. The minimum atomic E-state index is -3.77. The van der Waals surface area contributed by atoms with Crippen molar-refractivity contribution in [3.63, 3.8) is 0 Å². The Hall–Kier alpha value is -2.81. The molecular formula is C14H14N4O4S. The van der Waals surface area contributed by atoms with E-state index in [4.69, 9.17) is 5.11 Å². The molecule has 120 valence electrons. The number of sulfonamides is 1. The lowest BCUT2D eigenvalue weighted by Crippen LogP contribution is -2.17. The molecule has 0 amide bonds. The molecule has 3 aromatic rings. The van der Waals surface area contributed by atoms with Crippen LogP contribution >= 0.6 is 0 Å². The SMILES string of the molecule is CCn1nccc1S(=O)(=O)Nc1ccc2c(C(=O)O)c[nH]c2c1. The van der Waals surface area contributed by atoms with Gasteiger partial charge in [0.1, 0.15) is 0 Å². The van der Waals surface area contributed by atoms with Crippen LogP contribution in [0.25, 0.3) is 10.9 Å². The minimum Gasteiger partial charge on any atom is -0.478 e. The molecule has 0 radical (unpaired) electrons. The molecule has 2 aromatic heterocycles. The largest absolute Gasteiger partial charge is 0.478 e. The zero-order chi connectivity index (χ0) is 16.6. The normalized spacial score (nSPS) is 11.7. The Morgan fingerprint density at radius 2 is 2.17 bits per heavy atom. The molecule has 8 nitrogen and oxygen atoms in total. The standard InChI is InChI=1S/C14H14N4O4S/c1-2-18-13(5-6-16-18)23(21,22)17-9-3-4-10-11(14(19)20)8-15-12(10)7-9/h3-8,15,17H,2H2,1H3,(H,19,20). The minimum absolute atomic E-state index is 0.0674. The number of aromatic carboxylic acids is 1. The number of rotatable bonds is 5. The van der Waals surface area contributed by atoms with E-state index in [9.17, 15) is 13.2 Å². The van der Waals surface area contributed by atoms with Gasteiger partial charge < -0.3 is 10.1 Å². The third kappa shape index (κ3) is 2.66. The van der Waals surface area contributed by atoms with Gasteiger partial charge in [0.15, 0.2) is 5.03 Å². The van der Waals surface area contributed by atoms with E-state index in [0.29, 0.717) is 23.1 Å². The number of aromatic nitrogens is 3. The van der Waals surface area contributed by atoms with E-state index in [1.54, 1.807) is 19.1 Å². The lowest BCUT2D eigenvalue weighted by molar-refractivity contribution is 0.0699. The van der Waals surface area contributed by atoms with Gasteiger partial charge in [0, 0.05) is 23.6 Å². The van der Waals surface area contributed by atoms with Crippen molar-refractivity contribution in [1.29, 1.82) is 0 Å². The van der Waals surface area contributed by atoms with Crippen molar-refractivity contribution in [1.82, 2.24) is 14.8 Å². The number of fused-ring (bicyclic) bond motifs is 1. The summed E-state index contributed by atoms with van der Waals surface area (Å²) in [6.07, 6.45) is 2.79. The summed E-state index contributed by atoms with van der Waals surface area (Å²) in [5.41, 5.74) is 1.00. The number of aryl methyl sites for hydroxylation is 1. The Morgan fingerprint density at radius 1 is 1.39 bits per heavy atom. The predicted octanol–water partition coefficient (Wildman–Crippen LogP) is 1.88. The third-order valence-corrected chi connectivity index (χ3v) is 4.82. The first-order chi connectivity index (χ1) is 10.9. The van der Waals surface area contributed by atoms with Crippen LogP contribution in [0.1, 0.15) is 17.3 Å². The Morgan fingerprint density at radius 3 is 2.87 bits per heavy atom. The number of carboxylic acids is 1. The topological polar surface area (TPSA) is 117 Å². The maximum absolute atomic E-state index is 12.4. The summed E-state index contributed by atoms with van der Waals surface area (Å²) >= 11 is 0. The van der Waals surface area contributed by atoms with Crippen LogP contribution in [0.15, 0.2) is 41.7 Å². The first kappa shape index (κ1) is 15.1. The number of benzene rings is 1. The van der Waals surface area contributed by atoms with E-state index in [1.807, 2.05) is 0 Å². The summed E-state index contributed by atoms with van der Waals surface area (Å²) in [7, 11) is -3.77. The Bertz CT molecular complexity index is 987. The molecule has 0 aliphatic rings. The van der Waals surface area contributed by atoms with Gasteiger partial charge in [0.2, 0.25) is 0 Å². The van der Waals surface area contributed by atoms with Crippen molar-refractivity contribution < 1.29 is 18.3 Å². The third-order valence-electron chi connectivity index (χ3n) is 3.42. The van der Waals surface area contributed by atoms with Crippen LogP contribution in [0.3, 0.4) is 0 Å². The van der Waals surface area contributed by atoms with Gasteiger partial charge in [-0.05, 0) is 31.2 Å². The fraction of sp³-hybridized carbons (Fsp3) is 0.143. The van der Waals surface area contributed by atoms with E-state index in [2.05, 4.69) is 14.8 Å². The number of anilines is 1. The summed E-state index contributed by atoms with van der Waals surface area (Å²) in [6, 6.07) is 6.05. The number of nitrogens with zero attached hydrogens (tertiary/aromatic N) is 2. The van der Waals surface area contributed by atoms with Crippen molar-refractivity contribution in [2.45, 2.75) is 18.5 Å². The highest BCUT2D eigenvalue weighted by atomic mass is 32.2. The van der Waals surface area contributed by atoms with Crippen molar-refractivity contribution >= 4 is 32.6 Å². The molecule has 1 aromatic carbocycles. The fourth-order valence-electron chi connectivity index (χ4n) is 2.36. The average molecular weight is 334 g/mol. The van der Waals surface area contributed by atoms with Crippen LogP contribution < -0.4 is 4.72 Å². The van der Waals surface area contributed by atoms with E-state index >= 15 is 0 Å². The highest BCUT2D eigenvalue weighted by molar-refractivity contribution is 7.92. The number of nitrogens with one attached hydrogen (secondary N) is 2. The molecule has 3 N–H and O–H groups in total. The summed E-state index contributed by atoms with van der Waals surface area (Å²) in [4.78, 5) is 13.9. The zero-order valence-corrected chi connectivity index (χ0v) is 13.0. The molecule has 0 saturated carbocycles. The number of carboxylic acid groups (broad SMARTS) is 1. The van der Waals surface area contributed by atoms with Gasteiger partial charge in [-0.3, -0.25) is 9.40 Å². The summed E-state index contributed by atoms with van der Waals surface area (Å²) in [5, 5.41) is 13.6. The monoisotopic (exact) mass is 334 g/mol. The Kier molecular flexibility index (Phi) is 3.57. The lowest BCUT2D eigenvalue weighted by atomic mass is 10.1. The molecule has 0 bridgehead atoms. The van der Waals surface area contributed by atoms with Crippen LogP contribution in [0, 0.1) is 0 Å². The van der Waals surface area contributed by atoms with Gasteiger partial charge in [-0.25, -0.2) is 4.79 Å². The number of hydrogen-bond donors (Lipinski definition) is 3. The summed E-state index contributed by atoms with van der Waals surface area (Å²) in [5.74, 6) is -1.04. The Labute approximate surface area is 131 Å². The lowest BCUT2D eigenvalue weighted by Gasteiger charge is -2.09. The summed E-state index contributed by atoms with van der Waals surface area (Å²) < 4.78 is 28.7. The molecule has 0 atom stereocenters. The maximum atomic E-state index is 12.4. The molecular weight excluding hydrogens is 320 g/mol. The molecule has 2 heterocycles. The summed E-state index contributed by atoms with van der Waals surface area (Å²) in [6.45, 7) is 2.23. The highest BCUT2D eigenvalue weighted by Gasteiger charge is 2.19. The smallest absolute Gasteiger partial charge is 0.337 e. The molecule has 0 fully saturated rings. The number of aromatic amines is 1. The van der Waals surface area contributed by atoms with Crippen molar-refractivity contribution in [3.8, 4) is 0 Å². The molecule has 3 rings (SSSR count). The van der Waals surface area contributed by atoms with Crippen LogP contribution in [-0.4, -0.2) is 34.3 Å². The second-order valence-electron chi connectivity index (χ2n) is 4.86. The number of H-pyrrole nitrogens is 1. The number of hydrogen-bond acceptors (Lipinski definition) is 4. The van der Waals surface area contributed by atoms with E-state index in [-0.39, 0.29) is 10.6 Å². The average Bonchev–Trinajstić information content (AvgIpc) is 3.13. The van der Waals surface area contributed by atoms with Crippen molar-refractivity contribution in [3.05, 3.63) is 42.2 Å². The first-order valence-electron chi connectivity index (χ1n) is 6.81. The van der Waals surface area contributed by atoms with Crippen LogP contribution in [0.5, 0.6) is 0 Å². The first-order valence-corrected chi connectivity index (χ1v) is 8.30. The van der Waals surface area contributed by atoms with Crippen LogP contribution in [0.4, 0.5) is 5.69 Å². The van der Waals surface area contributed by atoms with Gasteiger partial charge in [0.05, 0.1) is 17.4 Å². The second-order valence-corrected chi connectivity index (χ2v) is 6.49. The predicted molar refractivity (Wildman–Crippen MR) is 84.0 cm³/mol. The molecule has 23 heavy (non-hydrogen) atoms. The Balaban J connectivity index is 1.97. The molecule has 0 aliphatic heterocycles. The maximum Gasteiger partial charge on any atom is 0.337 e. The molecule has 0 unspecified atom stereocenters. The van der Waals surface area contributed by atoms with Crippen LogP contribution in [0.2, 0.25) is 0 Å². The van der Waals surface area contributed by atoms with Crippen LogP contribution in [-0.2, 0) is 16.6 Å². The molecule has 0 spiro atoms. The number of carbonyl (C=O) groups is 1. The van der Waals surface area contributed by atoms with Gasteiger partial charge in [-0.15, -0.1) is 0 Å². The molecule has 0 aliphatic carbocycles. The highest BCUT2D eigenvalue weighted by Crippen LogP contribution is 2.24. The quantitative estimate of drug-likeness (QED) is 0.658. The van der Waals surface area contributed by atoms with E-state index in [0.717, 1.165) is 0 Å². The van der Waals surface area contributed by atoms with Gasteiger partial charge in [0.25, 0.3) is 10.0 Å². The van der Waals surface area contributed by atoms with Gasteiger partial charge >= 0.3 is 5.97 Å². The van der Waals surface area contributed by atoms with Crippen molar-refractivity contribution in [2.24, 2.45) is 0 Å².